The molecule has 1 aliphatic rings. The number of hydrogen-bond acceptors (Lipinski definition) is 3. The molecule has 1 atom stereocenters. The fourth-order valence-electron chi connectivity index (χ4n) is 2.07. The van der Waals surface area contributed by atoms with Gasteiger partial charge in [0.25, 0.3) is 0 Å². The SMILES string of the molecule is CCNS(=O)(=O)c1ccc(/C=C/C2CC2)c([C@H](C)N)c1. The molecule has 0 heterocycles. The van der Waals surface area contributed by atoms with Gasteiger partial charge in [-0.25, -0.2) is 13.1 Å². The Bertz CT molecular complexity index is 602. The molecule has 0 aliphatic heterocycles. The van der Waals surface area contributed by atoms with Gasteiger partial charge in [-0.1, -0.05) is 25.1 Å². The van der Waals surface area contributed by atoms with E-state index in [9.17, 15) is 8.42 Å². The zero-order chi connectivity index (χ0) is 14.8. The first-order valence-electron chi connectivity index (χ1n) is 7.01. The Kier molecular flexibility index (Phi) is 4.62. The van der Waals surface area contributed by atoms with Gasteiger partial charge in [-0.2, -0.15) is 0 Å². The summed E-state index contributed by atoms with van der Waals surface area (Å²) < 4.78 is 26.5. The fourth-order valence-corrected chi connectivity index (χ4v) is 3.14. The van der Waals surface area contributed by atoms with Crippen LogP contribution in [0.25, 0.3) is 6.08 Å². The summed E-state index contributed by atoms with van der Waals surface area (Å²) in [7, 11) is -3.43. The van der Waals surface area contributed by atoms with E-state index >= 15 is 0 Å². The van der Waals surface area contributed by atoms with Crippen molar-refractivity contribution < 1.29 is 8.42 Å². The zero-order valence-corrected chi connectivity index (χ0v) is 12.8. The van der Waals surface area contributed by atoms with Crippen LogP contribution in [0.1, 0.15) is 43.9 Å². The minimum atomic E-state index is -3.43. The summed E-state index contributed by atoms with van der Waals surface area (Å²) >= 11 is 0. The second-order valence-corrected chi connectivity index (χ2v) is 7.04. The Hall–Kier alpha value is -1.17. The molecule has 0 amide bonds. The molecule has 5 heteroatoms. The summed E-state index contributed by atoms with van der Waals surface area (Å²) in [6, 6.07) is 4.94. The van der Waals surface area contributed by atoms with Crippen LogP contribution in [0.2, 0.25) is 0 Å². The summed E-state index contributed by atoms with van der Waals surface area (Å²) in [5, 5.41) is 0. The van der Waals surface area contributed by atoms with Crippen LogP contribution in [0.5, 0.6) is 0 Å². The molecule has 0 bridgehead atoms. The molecule has 0 unspecified atom stereocenters. The van der Waals surface area contributed by atoms with E-state index in [-0.39, 0.29) is 10.9 Å². The van der Waals surface area contributed by atoms with Crippen molar-refractivity contribution in [3.8, 4) is 0 Å². The van der Waals surface area contributed by atoms with Crippen LogP contribution < -0.4 is 10.5 Å². The molecule has 1 aliphatic carbocycles. The molecule has 2 rings (SSSR count). The smallest absolute Gasteiger partial charge is 0.240 e. The van der Waals surface area contributed by atoms with E-state index in [1.165, 1.54) is 12.8 Å². The van der Waals surface area contributed by atoms with Gasteiger partial charge in [-0.05, 0) is 48.9 Å². The van der Waals surface area contributed by atoms with Crippen LogP contribution in [0.4, 0.5) is 0 Å². The van der Waals surface area contributed by atoms with Gasteiger partial charge in [0.05, 0.1) is 4.90 Å². The van der Waals surface area contributed by atoms with E-state index in [1.54, 1.807) is 19.1 Å². The fraction of sp³-hybridized carbons (Fsp3) is 0.467. The highest BCUT2D eigenvalue weighted by molar-refractivity contribution is 7.89. The number of sulfonamides is 1. The van der Waals surface area contributed by atoms with E-state index in [1.807, 2.05) is 13.0 Å². The molecule has 0 aromatic heterocycles. The Labute approximate surface area is 121 Å². The minimum Gasteiger partial charge on any atom is -0.324 e. The summed E-state index contributed by atoms with van der Waals surface area (Å²) in [4.78, 5) is 0.273. The number of rotatable bonds is 6. The maximum Gasteiger partial charge on any atom is 0.240 e. The third kappa shape index (κ3) is 3.69. The standard InChI is InChI=1S/C15H22N2O2S/c1-3-17-20(18,19)14-9-8-13(7-6-12-4-5-12)15(10-14)11(2)16/h6-12,17H,3-5,16H2,1-2H3/b7-6+/t11-/m0/s1. The second kappa shape index (κ2) is 6.08. The van der Waals surface area contributed by atoms with Crippen LogP contribution >= 0.6 is 0 Å². The van der Waals surface area contributed by atoms with Crippen molar-refractivity contribution in [3.63, 3.8) is 0 Å². The molecular weight excluding hydrogens is 272 g/mol. The van der Waals surface area contributed by atoms with E-state index in [0.717, 1.165) is 11.1 Å². The van der Waals surface area contributed by atoms with E-state index in [2.05, 4.69) is 16.9 Å². The van der Waals surface area contributed by atoms with Crippen molar-refractivity contribution in [2.45, 2.75) is 37.6 Å². The third-order valence-electron chi connectivity index (χ3n) is 3.36. The lowest BCUT2D eigenvalue weighted by Crippen LogP contribution is -2.23. The lowest BCUT2D eigenvalue weighted by atomic mass is 10.0. The number of benzene rings is 1. The maximum atomic E-state index is 12.0. The molecule has 1 fully saturated rings. The Morgan fingerprint density at radius 1 is 1.45 bits per heavy atom. The summed E-state index contributed by atoms with van der Waals surface area (Å²) in [6.45, 7) is 4.00. The average Bonchev–Trinajstić information content (AvgIpc) is 3.20. The first-order chi connectivity index (χ1) is 9.44. The quantitative estimate of drug-likeness (QED) is 0.846. The molecule has 0 spiro atoms. The van der Waals surface area contributed by atoms with Gasteiger partial charge in [-0.3, -0.25) is 0 Å². The summed E-state index contributed by atoms with van der Waals surface area (Å²) in [6.07, 6.45) is 6.73. The Morgan fingerprint density at radius 3 is 2.70 bits per heavy atom. The van der Waals surface area contributed by atoms with Crippen molar-refractivity contribution in [1.82, 2.24) is 4.72 Å². The monoisotopic (exact) mass is 294 g/mol. The molecular formula is C15H22N2O2S. The molecule has 20 heavy (non-hydrogen) atoms. The minimum absolute atomic E-state index is 0.203. The molecule has 3 N–H and O–H groups in total. The first kappa shape index (κ1) is 15.2. The van der Waals surface area contributed by atoms with Crippen molar-refractivity contribution in [2.24, 2.45) is 11.7 Å². The predicted octanol–water partition coefficient (Wildman–Crippen LogP) is 2.43. The molecule has 0 saturated heterocycles. The highest BCUT2D eigenvalue weighted by atomic mass is 32.2. The van der Waals surface area contributed by atoms with Gasteiger partial charge in [0.2, 0.25) is 10.0 Å². The van der Waals surface area contributed by atoms with Crippen LogP contribution in [0, 0.1) is 5.92 Å². The number of nitrogens with one attached hydrogen (secondary N) is 1. The van der Waals surface area contributed by atoms with E-state index in [0.29, 0.717) is 12.5 Å². The molecule has 1 aromatic rings. The van der Waals surface area contributed by atoms with Crippen molar-refractivity contribution in [1.29, 1.82) is 0 Å². The van der Waals surface area contributed by atoms with Crippen LogP contribution in [-0.4, -0.2) is 15.0 Å². The van der Waals surface area contributed by atoms with Gasteiger partial charge in [0.1, 0.15) is 0 Å². The van der Waals surface area contributed by atoms with Gasteiger partial charge in [0.15, 0.2) is 0 Å². The normalized spacial score (nSPS) is 17.6. The molecule has 4 nitrogen and oxygen atoms in total. The molecule has 1 aromatic carbocycles. The van der Waals surface area contributed by atoms with Crippen LogP contribution in [-0.2, 0) is 10.0 Å². The predicted molar refractivity (Wildman–Crippen MR) is 81.7 cm³/mol. The lowest BCUT2D eigenvalue weighted by molar-refractivity contribution is 0.583. The van der Waals surface area contributed by atoms with Gasteiger partial charge in [0, 0.05) is 12.6 Å². The van der Waals surface area contributed by atoms with Crippen LogP contribution in [0.3, 0.4) is 0 Å². The van der Waals surface area contributed by atoms with Gasteiger partial charge in [-0.15, -0.1) is 0 Å². The Balaban J connectivity index is 2.36. The zero-order valence-electron chi connectivity index (χ0n) is 12.0. The second-order valence-electron chi connectivity index (χ2n) is 5.28. The highest BCUT2D eigenvalue weighted by Gasteiger charge is 2.18. The van der Waals surface area contributed by atoms with E-state index in [4.69, 9.17) is 5.73 Å². The van der Waals surface area contributed by atoms with Crippen molar-refractivity contribution >= 4 is 16.1 Å². The summed E-state index contributed by atoms with van der Waals surface area (Å²) in [5.74, 6) is 0.682. The average molecular weight is 294 g/mol. The molecule has 0 radical (unpaired) electrons. The lowest BCUT2D eigenvalue weighted by Gasteiger charge is -2.13. The third-order valence-corrected chi connectivity index (χ3v) is 4.91. The van der Waals surface area contributed by atoms with Crippen LogP contribution in [0.15, 0.2) is 29.2 Å². The van der Waals surface area contributed by atoms with Crippen molar-refractivity contribution in [2.75, 3.05) is 6.54 Å². The highest BCUT2D eigenvalue weighted by Crippen LogP contribution is 2.31. The Morgan fingerprint density at radius 2 is 2.15 bits per heavy atom. The number of allylic oxidation sites excluding steroid dienone is 1. The number of nitrogens with two attached hydrogens (primary N) is 1. The summed E-state index contributed by atoms with van der Waals surface area (Å²) in [5.41, 5.74) is 7.84. The number of hydrogen-bond donors (Lipinski definition) is 2. The largest absolute Gasteiger partial charge is 0.324 e. The first-order valence-corrected chi connectivity index (χ1v) is 8.49. The molecule has 1 saturated carbocycles. The molecule has 110 valence electrons. The topological polar surface area (TPSA) is 72.2 Å². The maximum absolute atomic E-state index is 12.0. The van der Waals surface area contributed by atoms with E-state index < -0.39 is 10.0 Å². The van der Waals surface area contributed by atoms with Gasteiger partial charge >= 0.3 is 0 Å². The van der Waals surface area contributed by atoms with Gasteiger partial charge < -0.3 is 5.73 Å². The van der Waals surface area contributed by atoms with Crippen molar-refractivity contribution in [3.05, 3.63) is 35.4 Å².